The van der Waals surface area contributed by atoms with Gasteiger partial charge in [-0.2, -0.15) is 0 Å². The average Bonchev–Trinajstić information content (AvgIpc) is 2.67. The summed E-state index contributed by atoms with van der Waals surface area (Å²) < 4.78 is 19.6. The minimum atomic E-state index is -0.706. The quantitative estimate of drug-likeness (QED) is 0.577. The second-order valence-corrected chi connectivity index (χ2v) is 6.69. The number of hydrogen-bond donors (Lipinski definition) is 2. The lowest BCUT2D eigenvalue weighted by molar-refractivity contribution is -0.114. The first-order valence-corrected chi connectivity index (χ1v) is 9.28. The largest absolute Gasteiger partial charge is 0.416 e. The number of nitrogens with one attached hydrogen (secondary N) is 2. The Hall–Kier alpha value is -3.81. The van der Waals surface area contributed by atoms with E-state index in [9.17, 15) is 14.0 Å². The number of fused-ring (bicyclic) bond motifs is 1. The van der Waals surface area contributed by atoms with Crippen LogP contribution >= 0.6 is 0 Å². The van der Waals surface area contributed by atoms with Crippen molar-refractivity contribution in [3.63, 3.8) is 0 Å². The molecule has 2 amide bonds. The van der Waals surface area contributed by atoms with Crippen molar-refractivity contribution in [2.45, 2.75) is 27.2 Å². The lowest BCUT2D eigenvalue weighted by atomic mass is 9.99. The molecule has 0 unspecified atom stereocenters. The van der Waals surface area contributed by atoms with E-state index in [2.05, 4.69) is 27.2 Å². The molecule has 1 aromatic carbocycles. The second kappa shape index (κ2) is 8.69. The van der Waals surface area contributed by atoms with Crippen molar-refractivity contribution in [2.75, 3.05) is 10.6 Å². The molecule has 0 atom stereocenters. The highest BCUT2D eigenvalue weighted by Crippen LogP contribution is 2.31. The molecular formula is C22H21FN4O3. The van der Waals surface area contributed by atoms with Crippen molar-refractivity contribution >= 4 is 34.4 Å². The summed E-state index contributed by atoms with van der Waals surface area (Å²) in [7, 11) is 0. The number of pyridine rings is 2. The van der Waals surface area contributed by atoms with Gasteiger partial charge in [0.25, 0.3) is 0 Å². The summed E-state index contributed by atoms with van der Waals surface area (Å²) >= 11 is 0. The van der Waals surface area contributed by atoms with Crippen LogP contribution in [0.1, 0.15) is 26.5 Å². The molecule has 2 heterocycles. The van der Waals surface area contributed by atoms with Crippen LogP contribution in [0.5, 0.6) is 0 Å². The second-order valence-electron chi connectivity index (χ2n) is 6.69. The van der Waals surface area contributed by atoms with Crippen LogP contribution in [0.4, 0.5) is 20.7 Å². The first-order chi connectivity index (χ1) is 14.3. The number of aromatic nitrogens is 2. The molecule has 2 aromatic heterocycles. The van der Waals surface area contributed by atoms with E-state index in [0.29, 0.717) is 45.6 Å². The maximum Gasteiger partial charge on any atom is 0.416 e. The van der Waals surface area contributed by atoms with Gasteiger partial charge in [-0.15, -0.1) is 0 Å². The molecule has 8 heteroatoms. The van der Waals surface area contributed by atoms with Crippen LogP contribution in [0.15, 0.2) is 48.9 Å². The number of rotatable bonds is 5. The standard InChI is InChI=1S/C22H21FN4O3/c1-5-19-17(8-14-11-24-21(25-13(4)28)10-20(14)27-19)16-9-15(6-7-18(16)23)26-22(29)30-12(2)3/h6-11H,2,5H2,1,3-4H3,(H,26,29)(H,24,25,28). The zero-order chi connectivity index (χ0) is 21.8. The number of anilines is 2. The van der Waals surface area contributed by atoms with E-state index < -0.39 is 11.9 Å². The molecule has 3 rings (SSSR count). The first kappa shape index (κ1) is 20.9. The minimum Gasteiger partial charge on any atom is -0.416 e. The van der Waals surface area contributed by atoms with Crippen molar-refractivity contribution in [1.82, 2.24) is 9.97 Å². The van der Waals surface area contributed by atoms with Gasteiger partial charge in [-0.05, 0) is 37.6 Å². The summed E-state index contributed by atoms with van der Waals surface area (Å²) in [6.07, 6.45) is 1.42. The van der Waals surface area contributed by atoms with Crippen LogP contribution in [0.3, 0.4) is 0 Å². The Morgan fingerprint density at radius 1 is 1.13 bits per heavy atom. The number of allylic oxidation sites excluding steroid dienone is 1. The number of carbonyl (C=O) groups excluding carboxylic acids is 2. The zero-order valence-electron chi connectivity index (χ0n) is 16.9. The van der Waals surface area contributed by atoms with Gasteiger partial charge < -0.3 is 10.1 Å². The molecular weight excluding hydrogens is 387 g/mol. The summed E-state index contributed by atoms with van der Waals surface area (Å²) in [6.45, 7) is 8.37. The smallest absolute Gasteiger partial charge is 0.416 e. The van der Waals surface area contributed by atoms with Crippen molar-refractivity contribution < 1.29 is 18.7 Å². The first-order valence-electron chi connectivity index (χ1n) is 9.28. The predicted molar refractivity (Wildman–Crippen MR) is 114 cm³/mol. The van der Waals surface area contributed by atoms with Crippen LogP contribution in [0, 0.1) is 5.82 Å². The summed E-state index contributed by atoms with van der Waals surface area (Å²) in [5.74, 6) is -0.0445. The van der Waals surface area contributed by atoms with Crippen molar-refractivity contribution in [3.8, 4) is 11.1 Å². The molecule has 0 aliphatic rings. The van der Waals surface area contributed by atoms with Gasteiger partial charge in [0.05, 0.1) is 11.3 Å². The van der Waals surface area contributed by atoms with E-state index in [-0.39, 0.29) is 11.7 Å². The lowest BCUT2D eigenvalue weighted by Crippen LogP contribution is -2.12. The van der Waals surface area contributed by atoms with Crippen molar-refractivity contribution in [1.29, 1.82) is 0 Å². The highest BCUT2D eigenvalue weighted by molar-refractivity contribution is 5.92. The Morgan fingerprint density at radius 2 is 1.90 bits per heavy atom. The van der Waals surface area contributed by atoms with Crippen LogP contribution in [-0.2, 0) is 16.0 Å². The van der Waals surface area contributed by atoms with Gasteiger partial charge in [-0.25, -0.2) is 14.2 Å². The van der Waals surface area contributed by atoms with Crippen molar-refractivity contribution in [3.05, 3.63) is 60.4 Å². The van der Waals surface area contributed by atoms with Gasteiger partial charge in [-0.1, -0.05) is 13.5 Å². The van der Waals surface area contributed by atoms with Gasteiger partial charge in [-0.3, -0.25) is 15.1 Å². The molecule has 30 heavy (non-hydrogen) atoms. The molecule has 0 saturated heterocycles. The third-order valence-corrected chi connectivity index (χ3v) is 4.19. The molecule has 0 fully saturated rings. The summed E-state index contributed by atoms with van der Waals surface area (Å²) in [5.41, 5.74) is 2.56. The predicted octanol–water partition coefficient (Wildman–Crippen LogP) is 5.04. The van der Waals surface area contributed by atoms with Gasteiger partial charge in [0, 0.05) is 47.1 Å². The van der Waals surface area contributed by atoms with Crippen LogP contribution in [0.2, 0.25) is 0 Å². The number of hydrogen-bond acceptors (Lipinski definition) is 5. The number of aryl methyl sites for hydroxylation is 1. The van der Waals surface area contributed by atoms with Crippen LogP contribution in [-0.4, -0.2) is 22.0 Å². The summed E-state index contributed by atoms with van der Waals surface area (Å²) in [5, 5.41) is 5.86. The van der Waals surface area contributed by atoms with E-state index in [1.807, 2.05) is 6.92 Å². The molecule has 3 aromatic rings. The molecule has 7 nitrogen and oxygen atoms in total. The Balaban J connectivity index is 2.04. The van der Waals surface area contributed by atoms with Gasteiger partial charge in [0.2, 0.25) is 5.91 Å². The SMILES string of the molecule is C=C(C)OC(=O)Nc1ccc(F)c(-c2cc3cnc(NC(C)=O)cc3nc2CC)c1. The monoisotopic (exact) mass is 408 g/mol. The van der Waals surface area contributed by atoms with Gasteiger partial charge in [0.1, 0.15) is 11.6 Å². The Morgan fingerprint density at radius 3 is 2.57 bits per heavy atom. The minimum absolute atomic E-state index is 0.231. The summed E-state index contributed by atoms with van der Waals surface area (Å²) in [4.78, 5) is 31.9. The molecule has 0 radical (unpaired) electrons. The van der Waals surface area contributed by atoms with E-state index in [1.165, 1.54) is 25.1 Å². The van der Waals surface area contributed by atoms with E-state index in [4.69, 9.17) is 4.74 Å². The van der Waals surface area contributed by atoms with Gasteiger partial charge in [0.15, 0.2) is 0 Å². The summed E-state index contributed by atoms with van der Waals surface area (Å²) in [6, 6.07) is 7.70. The van der Waals surface area contributed by atoms with E-state index >= 15 is 0 Å². The fourth-order valence-corrected chi connectivity index (χ4v) is 2.97. The number of nitrogens with zero attached hydrogens (tertiary/aromatic N) is 2. The van der Waals surface area contributed by atoms with E-state index in [0.717, 1.165) is 0 Å². The molecule has 154 valence electrons. The third-order valence-electron chi connectivity index (χ3n) is 4.19. The molecule has 0 spiro atoms. The highest BCUT2D eigenvalue weighted by Gasteiger charge is 2.15. The fraction of sp³-hybridized carbons (Fsp3) is 0.182. The average molecular weight is 408 g/mol. The number of carbonyl (C=O) groups is 2. The normalized spacial score (nSPS) is 10.5. The topological polar surface area (TPSA) is 93.2 Å². The number of halogens is 1. The maximum atomic E-state index is 14.7. The number of ether oxygens (including phenoxy) is 1. The Kier molecular flexibility index (Phi) is 6.06. The molecule has 0 bridgehead atoms. The maximum absolute atomic E-state index is 14.7. The molecule has 0 saturated carbocycles. The molecule has 2 N–H and O–H groups in total. The van der Waals surface area contributed by atoms with Crippen LogP contribution in [0.25, 0.3) is 22.0 Å². The Labute approximate surface area is 173 Å². The lowest BCUT2D eigenvalue weighted by Gasteiger charge is -2.13. The molecule has 0 aliphatic heterocycles. The Bertz CT molecular complexity index is 1160. The van der Waals surface area contributed by atoms with Crippen molar-refractivity contribution in [2.24, 2.45) is 0 Å². The van der Waals surface area contributed by atoms with E-state index in [1.54, 1.807) is 25.3 Å². The third kappa shape index (κ3) is 4.78. The number of benzene rings is 1. The fourth-order valence-electron chi connectivity index (χ4n) is 2.97. The molecule has 0 aliphatic carbocycles. The highest BCUT2D eigenvalue weighted by atomic mass is 19.1. The zero-order valence-corrected chi connectivity index (χ0v) is 16.9. The van der Waals surface area contributed by atoms with Crippen LogP contribution < -0.4 is 10.6 Å². The van der Waals surface area contributed by atoms with Gasteiger partial charge >= 0.3 is 6.09 Å². The number of amides is 2.